The smallest absolute Gasteiger partial charge is 0.417 e. The lowest BCUT2D eigenvalue weighted by molar-refractivity contribution is -0.137. The average Bonchev–Trinajstić information content (AvgIpc) is 3.16. The highest BCUT2D eigenvalue weighted by atomic mass is 35.5. The fraction of sp³-hybridized carbons (Fsp3) is 0.100. The van der Waals surface area contributed by atoms with Gasteiger partial charge in [-0.1, -0.05) is 29.3 Å². The van der Waals surface area contributed by atoms with E-state index in [2.05, 4.69) is 9.97 Å². The van der Waals surface area contributed by atoms with Gasteiger partial charge in [-0.05, 0) is 35.9 Å². The minimum absolute atomic E-state index is 0.0326. The maximum absolute atomic E-state index is 13.0. The molecule has 5 nitrogen and oxygen atoms in total. The Morgan fingerprint density at radius 1 is 0.967 bits per heavy atom. The van der Waals surface area contributed by atoms with Gasteiger partial charge in [-0.3, -0.25) is 4.40 Å². The molecule has 4 aromatic rings. The van der Waals surface area contributed by atoms with Crippen LogP contribution in [-0.2, 0) is 12.8 Å². The SMILES string of the molecule is FC(F)(F)c1cc(Oc2ccc(COc3ccn4ccnc4n3)cc2Cl)ccc1Cl. The Kier molecular flexibility index (Phi) is 5.44. The van der Waals surface area contributed by atoms with E-state index in [1.807, 2.05) is 0 Å². The third-order valence-corrected chi connectivity index (χ3v) is 4.72. The largest absolute Gasteiger partial charge is 0.473 e. The molecule has 0 saturated carbocycles. The lowest BCUT2D eigenvalue weighted by Crippen LogP contribution is -2.06. The molecule has 4 rings (SSSR count). The van der Waals surface area contributed by atoms with Crippen molar-refractivity contribution >= 4 is 29.0 Å². The van der Waals surface area contributed by atoms with Crippen molar-refractivity contribution in [2.75, 3.05) is 0 Å². The molecule has 2 aromatic heterocycles. The molecule has 0 bridgehead atoms. The molecule has 30 heavy (non-hydrogen) atoms. The highest BCUT2D eigenvalue weighted by Crippen LogP contribution is 2.38. The van der Waals surface area contributed by atoms with Gasteiger partial charge in [0.05, 0.1) is 15.6 Å². The highest BCUT2D eigenvalue weighted by molar-refractivity contribution is 6.32. The Balaban J connectivity index is 1.46. The molecule has 0 unspecified atom stereocenters. The highest BCUT2D eigenvalue weighted by Gasteiger charge is 2.33. The van der Waals surface area contributed by atoms with Crippen molar-refractivity contribution in [3.63, 3.8) is 0 Å². The van der Waals surface area contributed by atoms with Crippen LogP contribution >= 0.6 is 23.2 Å². The number of rotatable bonds is 5. The minimum Gasteiger partial charge on any atom is -0.473 e. The second-order valence-corrected chi connectivity index (χ2v) is 7.01. The van der Waals surface area contributed by atoms with Crippen LogP contribution in [0.3, 0.4) is 0 Å². The fourth-order valence-electron chi connectivity index (χ4n) is 2.65. The van der Waals surface area contributed by atoms with Crippen molar-refractivity contribution in [1.82, 2.24) is 14.4 Å². The standard InChI is InChI=1S/C20H12Cl2F3N3O2/c21-15-3-2-13(10-14(15)20(23,24)25)30-17-4-1-12(9-16(17)22)11-29-18-5-7-28-8-6-26-19(28)27-18/h1-10H,11H2. The molecule has 0 spiro atoms. The van der Waals surface area contributed by atoms with E-state index in [9.17, 15) is 13.2 Å². The molecule has 0 radical (unpaired) electrons. The molecular formula is C20H12Cl2F3N3O2. The summed E-state index contributed by atoms with van der Waals surface area (Å²) in [6.45, 7) is 0.184. The van der Waals surface area contributed by atoms with Gasteiger partial charge in [0.25, 0.3) is 0 Å². The quantitative estimate of drug-likeness (QED) is 0.349. The van der Waals surface area contributed by atoms with Gasteiger partial charge < -0.3 is 9.47 Å². The van der Waals surface area contributed by atoms with Crippen LogP contribution < -0.4 is 9.47 Å². The van der Waals surface area contributed by atoms with Crippen LogP contribution in [0.2, 0.25) is 10.0 Å². The summed E-state index contributed by atoms with van der Waals surface area (Å²) >= 11 is 11.8. The van der Waals surface area contributed by atoms with Crippen molar-refractivity contribution in [3.05, 3.63) is 82.2 Å². The molecule has 0 aliphatic carbocycles. The Hall–Kier alpha value is -2.97. The number of alkyl halides is 3. The van der Waals surface area contributed by atoms with Crippen molar-refractivity contribution in [3.8, 4) is 17.4 Å². The first-order valence-corrected chi connectivity index (χ1v) is 9.31. The van der Waals surface area contributed by atoms with Gasteiger partial charge in [-0.15, -0.1) is 0 Å². The Bertz CT molecular complexity index is 1210. The van der Waals surface area contributed by atoms with Crippen LogP contribution in [0.25, 0.3) is 5.78 Å². The zero-order chi connectivity index (χ0) is 21.3. The molecule has 0 fully saturated rings. The van der Waals surface area contributed by atoms with E-state index in [-0.39, 0.29) is 23.1 Å². The first kappa shape index (κ1) is 20.3. The predicted octanol–water partition coefficient (Wildman–Crippen LogP) is 6.43. The van der Waals surface area contributed by atoms with Gasteiger partial charge in [0.1, 0.15) is 18.1 Å². The zero-order valence-electron chi connectivity index (χ0n) is 15.0. The summed E-state index contributed by atoms with van der Waals surface area (Å²) in [5.41, 5.74) is -0.255. The molecule has 0 aliphatic rings. The maximum Gasteiger partial charge on any atom is 0.417 e. The number of aromatic nitrogens is 3. The second kappa shape index (κ2) is 8.04. The minimum atomic E-state index is -4.59. The third kappa shape index (κ3) is 4.44. The molecule has 154 valence electrons. The third-order valence-electron chi connectivity index (χ3n) is 4.09. The van der Waals surface area contributed by atoms with Crippen LogP contribution in [0, 0.1) is 0 Å². The lowest BCUT2D eigenvalue weighted by Gasteiger charge is -2.13. The number of imidazole rings is 1. The summed E-state index contributed by atoms with van der Waals surface area (Å²) in [5.74, 6) is 1.07. The summed E-state index contributed by atoms with van der Waals surface area (Å²) in [7, 11) is 0. The molecule has 0 atom stereocenters. The summed E-state index contributed by atoms with van der Waals surface area (Å²) in [5, 5.41) is -0.188. The molecule has 0 amide bonds. The lowest BCUT2D eigenvalue weighted by atomic mass is 10.2. The van der Waals surface area contributed by atoms with Gasteiger partial charge in [-0.25, -0.2) is 4.98 Å². The van der Waals surface area contributed by atoms with Crippen LogP contribution in [0.4, 0.5) is 13.2 Å². The molecule has 0 aliphatic heterocycles. The van der Waals surface area contributed by atoms with E-state index in [0.717, 1.165) is 17.7 Å². The van der Waals surface area contributed by atoms with Crippen molar-refractivity contribution in [2.45, 2.75) is 12.8 Å². The Morgan fingerprint density at radius 3 is 2.57 bits per heavy atom. The number of nitrogens with zero attached hydrogens (tertiary/aromatic N) is 3. The summed E-state index contributed by atoms with van der Waals surface area (Å²) in [6.07, 6.45) is 0.580. The van der Waals surface area contributed by atoms with E-state index >= 15 is 0 Å². The van der Waals surface area contributed by atoms with Crippen LogP contribution in [0.5, 0.6) is 17.4 Å². The molecule has 0 saturated heterocycles. The van der Waals surface area contributed by atoms with Crippen molar-refractivity contribution in [1.29, 1.82) is 0 Å². The van der Waals surface area contributed by atoms with Gasteiger partial charge in [0.2, 0.25) is 11.7 Å². The molecule has 2 aromatic carbocycles. The zero-order valence-corrected chi connectivity index (χ0v) is 16.5. The van der Waals surface area contributed by atoms with Gasteiger partial charge in [0, 0.05) is 24.7 Å². The number of halogens is 5. The summed E-state index contributed by atoms with van der Waals surface area (Å²) in [4.78, 5) is 8.33. The van der Waals surface area contributed by atoms with Gasteiger partial charge in [0.15, 0.2) is 0 Å². The monoisotopic (exact) mass is 453 g/mol. The normalized spacial score (nSPS) is 11.6. The maximum atomic E-state index is 13.0. The molecule has 10 heteroatoms. The van der Waals surface area contributed by atoms with Crippen molar-refractivity contribution < 1.29 is 22.6 Å². The average molecular weight is 454 g/mol. The number of ether oxygens (including phenoxy) is 2. The molecular weight excluding hydrogens is 442 g/mol. The predicted molar refractivity (Wildman–Crippen MR) is 105 cm³/mol. The van der Waals surface area contributed by atoms with Crippen LogP contribution in [0.1, 0.15) is 11.1 Å². The number of fused-ring (bicyclic) bond motifs is 1. The number of benzene rings is 2. The van der Waals surface area contributed by atoms with E-state index in [1.165, 1.54) is 6.07 Å². The topological polar surface area (TPSA) is 48.7 Å². The first-order chi connectivity index (χ1) is 14.3. The number of hydrogen-bond acceptors (Lipinski definition) is 4. The molecule has 0 N–H and O–H groups in total. The van der Waals surface area contributed by atoms with E-state index in [4.69, 9.17) is 32.7 Å². The molecule has 2 heterocycles. The van der Waals surface area contributed by atoms with E-state index in [0.29, 0.717) is 11.7 Å². The van der Waals surface area contributed by atoms with Crippen molar-refractivity contribution in [2.24, 2.45) is 0 Å². The second-order valence-electron chi connectivity index (χ2n) is 6.20. The summed E-state index contributed by atoms with van der Waals surface area (Å²) < 4.78 is 51.9. The van der Waals surface area contributed by atoms with E-state index < -0.39 is 16.8 Å². The van der Waals surface area contributed by atoms with Crippen LogP contribution in [-0.4, -0.2) is 14.4 Å². The fourth-order valence-corrected chi connectivity index (χ4v) is 3.12. The summed E-state index contributed by atoms with van der Waals surface area (Å²) in [6, 6.07) is 9.83. The van der Waals surface area contributed by atoms with E-state index in [1.54, 1.807) is 47.3 Å². The van der Waals surface area contributed by atoms with Crippen LogP contribution in [0.15, 0.2) is 61.1 Å². The van der Waals surface area contributed by atoms with Gasteiger partial charge >= 0.3 is 6.18 Å². The Morgan fingerprint density at radius 2 is 1.80 bits per heavy atom. The number of hydrogen-bond donors (Lipinski definition) is 0. The van der Waals surface area contributed by atoms with Gasteiger partial charge in [-0.2, -0.15) is 18.2 Å². The first-order valence-electron chi connectivity index (χ1n) is 8.55. The Labute approximate surface area is 178 Å².